The van der Waals surface area contributed by atoms with E-state index in [1.54, 1.807) is 11.4 Å². The Hall–Kier alpha value is -0.620. The molecule has 0 amide bonds. The second-order valence-corrected chi connectivity index (χ2v) is 9.40. The SMILES string of the molecule is CN(C1C2CC3CC(C2)CC1C3)S(=O)(=O)CCCC(=O)O. The summed E-state index contributed by atoms with van der Waals surface area (Å²) in [4.78, 5) is 10.5. The molecule has 0 atom stereocenters. The highest BCUT2D eigenvalue weighted by molar-refractivity contribution is 7.89. The third kappa shape index (κ3) is 2.97. The summed E-state index contributed by atoms with van der Waals surface area (Å²) in [5.41, 5.74) is 0. The van der Waals surface area contributed by atoms with Crippen LogP contribution in [0.5, 0.6) is 0 Å². The molecule has 21 heavy (non-hydrogen) atoms. The van der Waals surface area contributed by atoms with Crippen LogP contribution in [0.4, 0.5) is 0 Å². The molecule has 0 aromatic heterocycles. The Bertz CT molecular complexity index is 488. The van der Waals surface area contributed by atoms with Gasteiger partial charge < -0.3 is 5.11 Å². The van der Waals surface area contributed by atoms with Gasteiger partial charge in [0.2, 0.25) is 10.0 Å². The van der Waals surface area contributed by atoms with E-state index in [9.17, 15) is 13.2 Å². The number of carbonyl (C=O) groups is 1. The van der Waals surface area contributed by atoms with Gasteiger partial charge in [0.05, 0.1) is 5.75 Å². The highest BCUT2D eigenvalue weighted by Crippen LogP contribution is 2.55. The highest BCUT2D eigenvalue weighted by atomic mass is 32.2. The quantitative estimate of drug-likeness (QED) is 0.813. The Labute approximate surface area is 126 Å². The summed E-state index contributed by atoms with van der Waals surface area (Å²) in [5.74, 6) is 1.74. The van der Waals surface area contributed by atoms with E-state index in [0.29, 0.717) is 11.8 Å². The topological polar surface area (TPSA) is 74.7 Å². The highest BCUT2D eigenvalue weighted by Gasteiger charge is 2.51. The molecule has 4 bridgehead atoms. The molecule has 1 N–H and O–H groups in total. The molecule has 0 spiro atoms. The van der Waals surface area contributed by atoms with Crippen LogP contribution in [0.25, 0.3) is 0 Å². The fourth-order valence-corrected chi connectivity index (χ4v) is 6.74. The van der Waals surface area contributed by atoms with Crippen molar-refractivity contribution in [3.8, 4) is 0 Å². The van der Waals surface area contributed by atoms with Gasteiger partial charge in [0.1, 0.15) is 0 Å². The second-order valence-electron chi connectivity index (χ2n) is 7.25. The van der Waals surface area contributed by atoms with Crippen molar-refractivity contribution in [1.29, 1.82) is 0 Å². The molecule has 4 aliphatic rings. The predicted molar refractivity (Wildman–Crippen MR) is 79.3 cm³/mol. The summed E-state index contributed by atoms with van der Waals surface area (Å²) in [7, 11) is -1.62. The average molecular weight is 315 g/mol. The lowest BCUT2D eigenvalue weighted by molar-refractivity contribution is -0.137. The van der Waals surface area contributed by atoms with Crippen LogP contribution in [0.3, 0.4) is 0 Å². The van der Waals surface area contributed by atoms with Gasteiger partial charge in [-0.25, -0.2) is 12.7 Å². The molecular weight excluding hydrogens is 290 g/mol. The molecule has 4 fully saturated rings. The number of carboxylic acids is 1. The van der Waals surface area contributed by atoms with Gasteiger partial charge in [-0.2, -0.15) is 0 Å². The first kappa shape index (κ1) is 15.3. The molecule has 0 radical (unpaired) electrons. The number of hydrogen-bond acceptors (Lipinski definition) is 3. The summed E-state index contributed by atoms with van der Waals surface area (Å²) in [6.07, 6.45) is 6.23. The van der Waals surface area contributed by atoms with Crippen molar-refractivity contribution in [2.45, 2.75) is 51.0 Å². The molecule has 6 heteroatoms. The lowest BCUT2D eigenvalue weighted by atomic mass is 9.54. The van der Waals surface area contributed by atoms with Crippen LogP contribution in [0.2, 0.25) is 0 Å². The van der Waals surface area contributed by atoms with Crippen LogP contribution in [-0.2, 0) is 14.8 Å². The lowest BCUT2D eigenvalue weighted by Gasteiger charge is -2.56. The van der Waals surface area contributed by atoms with Crippen molar-refractivity contribution in [1.82, 2.24) is 4.31 Å². The third-order valence-electron chi connectivity index (χ3n) is 5.83. The van der Waals surface area contributed by atoms with Crippen LogP contribution in [0, 0.1) is 23.7 Å². The van der Waals surface area contributed by atoms with E-state index in [2.05, 4.69) is 0 Å². The van der Waals surface area contributed by atoms with Crippen LogP contribution < -0.4 is 0 Å². The zero-order chi connectivity index (χ0) is 15.2. The summed E-state index contributed by atoms with van der Waals surface area (Å²) in [5, 5.41) is 8.65. The fraction of sp³-hybridized carbons (Fsp3) is 0.933. The van der Waals surface area contributed by atoms with E-state index in [1.165, 1.54) is 32.1 Å². The number of nitrogens with zero attached hydrogens (tertiary/aromatic N) is 1. The number of aliphatic carboxylic acids is 1. The summed E-state index contributed by atoms with van der Waals surface area (Å²) in [6, 6.07) is 0.160. The molecule has 4 saturated carbocycles. The Balaban J connectivity index is 1.67. The molecule has 4 aliphatic carbocycles. The van der Waals surface area contributed by atoms with E-state index in [-0.39, 0.29) is 24.6 Å². The minimum Gasteiger partial charge on any atom is -0.481 e. The summed E-state index contributed by atoms with van der Waals surface area (Å²) >= 11 is 0. The van der Waals surface area contributed by atoms with Gasteiger partial charge in [-0.15, -0.1) is 0 Å². The van der Waals surface area contributed by atoms with Gasteiger partial charge in [0.25, 0.3) is 0 Å². The van der Waals surface area contributed by atoms with Gasteiger partial charge in [0.15, 0.2) is 0 Å². The van der Waals surface area contributed by atoms with Gasteiger partial charge in [-0.05, 0) is 62.2 Å². The maximum Gasteiger partial charge on any atom is 0.303 e. The molecular formula is C15H25NO4S. The molecule has 0 aromatic rings. The van der Waals surface area contributed by atoms with Crippen molar-refractivity contribution < 1.29 is 18.3 Å². The number of sulfonamides is 1. The van der Waals surface area contributed by atoms with Crippen molar-refractivity contribution >= 4 is 16.0 Å². The monoisotopic (exact) mass is 315 g/mol. The molecule has 120 valence electrons. The van der Waals surface area contributed by atoms with Gasteiger partial charge in [0, 0.05) is 19.5 Å². The summed E-state index contributed by atoms with van der Waals surface area (Å²) in [6.45, 7) is 0. The van der Waals surface area contributed by atoms with Gasteiger partial charge in [-0.1, -0.05) is 0 Å². The average Bonchev–Trinajstić information content (AvgIpc) is 2.36. The number of hydrogen-bond donors (Lipinski definition) is 1. The zero-order valence-electron chi connectivity index (χ0n) is 12.6. The van der Waals surface area contributed by atoms with E-state index in [0.717, 1.165) is 11.8 Å². The molecule has 0 aromatic carbocycles. The molecule has 0 heterocycles. The first-order chi connectivity index (χ1) is 9.87. The maximum absolute atomic E-state index is 12.5. The standard InChI is InChI=1S/C15H25NO4S/c1-16(21(19,20)4-2-3-14(17)18)15-12-6-10-5-11(8-12)9-13(15)7-10/h10-13,15H,2-9H2,1H3,(H,17,18). The Kier molecular flexibility index (Phi) is 4.03. The minimum atomic E-state index is -3.33. The van der Waals surface area contributed by atoms with Crippen molar-refractivity contribution in [3.63, 3.8) is 0 Å². The van der Waals surface area contributed by atoms with Crippen LogP contribution >= 0.6 is 0 Å². The number of rotatable bonds is 6. The Morgan fingerprint density at radius 3 is 2.10 bits per heavy atom. The predicted octanol–water partition coefficient (Wildman–Crippen LogP) is 1.94. The zero-order valence-corrected chi connectivity index (χ0v) is 13.4. The largest absolute Gasteiger partial charge is 0.481 e. The van der Waals surface area contributed by atoms with Gasteiger partial charge in [-0.3, -0.25) is 4.79 Å². The van der Waals surface area contributed by atoms with E-state index in [4.69, 9.17) is 5.11 Å². The van der Waals surface area contributed by atoms with Crippen molar-refractivity contribution in [2.75, 3.05) is 12.8 Å². The smallest absolute Gasteiger partial charge is 0.303 e. The molecule has 0 saturated heterocycles. The van der Waals surface area contributed by atoms with Crippen LogP contribution in [-0.4, -0.2) is 42.6 Å². The Morgan fingerprint density at radius 1 is 1.10 bits per heavy atom. The minimum absolute atomic E-state index is 0.0431. The van der Waals surface area contributed by atoms with E-state index in [1.807, 2.05) is 0 Å². The van der Waals surface area contributed by atoms with Crippen molar-refractivity contribution in [3.05, 3.63) is 0 Å². The molecule has 0 unspecified atom stereocenters. The normalized spacial score (nSPS) is 38.1. The lowest BCUT2D eigenvalue weighted by Crippen LogP contribution is -2.56. The van der Waals surface area contributed by atoms with Crippen molar-refractivity contribution in [2.24, 2.45) is 23.7 Å². The van der Waals surface area contributed by atoms with Crippen LogP contribution in [0.15, 0.2) is 0 Å². The molecule has 0 aliphatic heterocycles. The molecule has 4 rings (SSSR count). The fourth-order valence-electron chi connectivity index (χ4n) is 5.23. The second kappa shape index (κ2) is 5.54. The van der Waals surface area contributed by atoms with Crippen LogP contribution in [0.1, 0.15) is 44.9 Å². The maximum atomic E-state index is 12.5. The Morgan fingerprint density at radius 2 is 1.62 bits per heavy atom. The van der Waals surface area contributed by atoms with Gasteiger partial charge >= 0.3 is 5.97 Å². The summed E-state index contributed by atoms with van der Waals surface area (Å²) < 4.78 is 26.5. The molecule has 5 nitrogen and oxygen atoms in total. The first-order valence-electron chi connectivity index (χ1n) is 8.04. The first-order valence-corrected chi connectivity index (χ1v) is 9.65. The third-order valence-corrected chi connectivity index (χ3v) is 7.75. The van der Waals surface area contributed by atoms with E-state index < -0.39 is 16.0 Å². The van der Waals surface area contributed by atoms with E-state index >= 15 is 0 Å². The number of carboxylic acid groups (broad SMARTS) is 1.